The van der Waals surface area contributed by atoms with Gasteiger partial charge in [0.05, 0.1) is 18.5 Å². The Bertz CT molecular complexity index is 987. The number of rotatable bonds is 7. The first kappa shape index (κ1) is 18.0. The molecule has 0 spiro atoms. The second kappa shape index (κ2) is 8.10. The predicted molar refractivity (Wildman–Crippen MR) is 109 cm³/mol. The fraction of sp³-hybridized carbons (Fsp3) is 0.250. The third-order valence-corrected chi connectivity index (χ3v) is 6.17. The van der Waals surface area contributed by atoms with Crippen molar-refractivity contribution in [3.8, 4) is 10.6 Å². The van der Waals surface area contributed by atoms with E-state index in [4.69, 9.17) is 9.40 Å². The maximum atomic E-state index is 5.40. The number of thiazole rings is 1. The maximum absolute atomic E-state index is 5.40. The van der Waals surface area contributed by atoms with E-state index in [1.54, 1.807) is 35.7 Å². The van der Waals surface area contributed by atoms with Crippen LogP contribution in [0.15, 0.2) is 63.9 Å². The number of hydrogen-bond acceptors (Lipinski definition) is 6. The number of aromatic nitrogens is 4. The highest BCUT2D eigenvalue weighted by atomic mass is 32.2. The molecule has 0 fully saturated rings. The highest BCUT2D eigenvalue weighted by Gasteiger charge is 2.10. The third kappa shape index (κ3) is 4.31. The number of thioether (sulfide) groups is 1. The van der Waals surface area contributed by atoms with Crippen LogP contribution >= 0.6 is 23.1 Å². The van der Waals surface area contributed by atoms with E-state index in [2.05, 4.69) is 53.7 Å². The van der Waals surface area contributed by atoms with Crippen LogP contribution in [0.3, 0.4) is 0 Å². The molecular formula is C20H20N4OS2. The summed E-state index contributed by atoms with van der Waals surface area (Å²) in [5.41, 5.74) is 3.57. The zero-order valence-corrected chi connectivity index (χ0v) is 16.8. The first-order valence-electron chi connectivity index (χ1n) is 8.77. The van der Waals surface area contributed by atoms with E-state index < -0.39 is 0 Å². The molecule has 0 saturated carbocycles. The molecule has 27 heavy (non-hydrogen) atoms. The molecule has 0 radical (unpaired) electrons. The second-order valence-corrected chi connectivity index (χ2v) is 8.33. The van der Waals surface area contributed by atoms with Crippen molar-refractivity contribution in [2.75, 3.05) is 0 Å². The van der Waals surface area contributed by atoms with Gasteiger partial charge in [0.2, 0.25) is 0 Å². The van der Waals surface area contributed by atoms with Gasteiger partial charge in [0, 0.05) is 16.7 Å². The Kier molecular flexibility index (Phi) is 5.40. The summed E-state index contributed by atoms with van der Waals surface area (Å²) in [5.74, 6) is 2.19. The fourth-order valence-electron chi connectivity index (χ4n) is 2.69. The lowest BCUT2D eigenvalue weighted by molar-refractivity contribution is 0.484. The molecule has 0 bridgehead atoms. The molecule has 0 aliphatic rings. The Morgan fingerprint density at radius 3 is 2.78 bits per heavy atom. The minimum Gasteiger partial charge on any atom is -0.467 e. The summed E-state index contributed by atoms with van der Waals surface area (Å²) < 4.78 is 7.39. The van der Waals surface area contributed by atoms with E-state index in [1.807, 2.05) is 16.7 Å². The van der Waals surface area contributed by atoms with Gasteiger partial charge in [0.15, 0.2) is 5.16 Å². The van der Waals surface area contributed by atoms with E-state index >= 15 is 0 Å². The molecule has 3 aromatic heterocycles. The summed E-state index contributed by atoms with van der Waals surface area (Å²) >= 11 is 3.32. The molecule has 0 saturated heterocycles. The first-order valence-corrected chi connectivity index (χ1v) is 10.6. The largest absolute Gasteiger partial charge is 0.467 e. The third-order valence-electron chi connectivity index (χ3n) is 4.21. The minimum absolute atomic E-state index is 0.542. The van der Waals surface area contributed by atoms with Crippen LogP contribution in [0.1, 0.15) is 36.8 Å². The molecule has 0 aliphatic heterocycles. The summed E-state index contributed by atoms with van der Waals surface area (Å²) in [6.45, 7) is 5.05. The van der Waals surface area contributed by atoms with Crippen molar-refractivity contribution < 1.29 is 4.42 Å². The zero-order chi connectivity index (χ0) is 18.6. The van der Waals surface area contributed by atoms with Crippen LogP contribution < -0.4 is 0 Å². The lowest BCUT2D eigenvalue weighted by Gasteiger charge is -2.05. The Labute approximate surface area is 166 Å². The van der Waals surface area contributed by atoms with Gasteiger partial charge in [-0.1, -0.05) is 49.9 Å². The van der Waals surface area contributed by atoms with Crippen LogP contribution in [0, 0.1) is 0 Å². The van der Waals surface area contributed by atoms with Crippen molar-refractivity contribution >= 4 is 23.1 Å². The normalized spacial score (nSPS) is 11.4. The molecule has 0 aliphatic carbocycles. The molecule has 1 aromatic carbocycles. The van der Waals surface area contributed by atoms with E-state index in [-0.39, 0.29) is 0 Å². The Morgan fingerprint density at radius 1 is 1.19 bits per heavy atom. The molecule has 4 rings (SSSR count). The van der Waals surface area contributed by atoms with E-state index in [1.165, 1.54) is 11.1 Å². The summed E-state index contributed by atoms with van der Waals surface area (Å²) in [4.78, 5) is 4.78. The van der Waals surface area contributed by atoms with Gasteiger partial charge in [-0.3, -0.25) is 0 Å². The molecule has 0 N–H and O–H groups in total. The van der Waals surface area contributed by atoms with E-state index in [9.17, 15) is 0 Å². The van der Waals surface area contributed by atoms with Gasteiger partial charge in [0.1, 0.15) is 17.1 Å². The number of furan rings is 1. The smallest absolute Gasteiger partial charge is 0.191 e. The van der Waals surface area contributed by atoms with Crippen molar-refractivity contribution in [3.63, 3.8) is 0 Å². The Hall–Kier alpha value is -2.38. The van der Waals surface area contributed by atoms with Crippen LogP contribution in [0.2, 0.25) is 0 Å². The van der Waals surface area contributed by atoms with Crippen molar-refractivity contribution in [3.05, 3.63) is 71.4 Å². The molecule has 0 amide bonds. The average molecular weight is 397 g/mol. The standard InChI is InChI=1S/C20H20N4OS2/c1-14(2)15-5-7-16(8-6-15)19-22-17(11-26-19)12-27-20-23-21-13-24(20)10-18-4-3-9-25-18/h3-9,11,13-14H,10,12H2,1-2H3. The molecular weight excluding hydrogens is 376 g/mol. The molecule has 0 atom stereocenters. The molecule has 5 nitrogen and oxygen atoms in total. The van der Waals surface area contributed by atoms with Crippen LogP contribution in [-0.4, -0.2) is 19.7 Å². The van der Waals surface area contributed by atoms with Crippen LogP contribution in [0.4, 0.5) is 0 Å². The number of hydrogen-bond donors (Lipinski definition) is 0. The lowest BCUT2D eigenvalue weighted by Crippen LogP contribution is -1.99. The molecule has 4 aromatic rings. The number of benzene rings is 1. The van der Waals surface area contributed by atoms with Gasteiger partial charge in [-0.05, 0) is 23.6 Å². The summed E-state index contributed by atoms with van der Waals surface area (Å²) in [6.07, 6.45) is 3.41. The summed E-state index contributed by atoms with van der Waals surface area (Å²) in [6, 6.07) is 12.5. The summed E-state index contributed by atoms with van der Waals surface area (Å²) in [7, 11) is 0. The average Bonchev–Trinajstić information content (AvgIpc) is 3.43. The van der Waals surface area contributed by atoms with Crippen molar-refractivity contribution in [2.45, 2.75) is 37.2 Å². The van der Waals surface area contributed by atoms with Crippen molar-refractivity contribution in [1.82, 2.24) is 19.7 Å². The topological polar surface area (TPSA) is 56.7 Å². The van der Waals surface area contributed by atoms with E-state index in [0.717, 1.165) is 27.4 Å². The van der Waals surface area contributed by atoms with Gasteiger partial charge < -0.3 is 8.98 Å². The second-order valence-electron chi connectivity index (χ2n) is 6.53. The predicted octanol–water partition coefficient (Wildman–Crippen LogP) is 5.46. The highest BCUT2D eigenvalue weighted by Crippen LogP contribution is 2.28. The Morgan fingerprint density at radius 2 is 2.04 bits per heavy atom. The van der Waals surface area contributed by atoms with Crippen molar-refractivity contribution in [1.29, 1.82) is 0 Å². The Balaban J connectivity index is 1.41. The van der Waals surface area contributed by atoms with Gasteiger partial charge >= 0.3 is 0 Å². The van der Waals surface area contributed by atoms with Gasteiger partial charge in [-0.15, -0.1) is 21.5 Å². The quantitative estimate of drug-likeness (QED) is 0.388. The van der Waals surface area contributed by atoms with Crippen LogP contribution in [0.5, 0.6) is 0 Å². The fourth-order valence-corrected chi connectivity index (χ4v) is 4.43. The van der Waals surface area contributed by atoms with Gasteiger partial charge in [0.25, 0.3) is 0 Å². The SMILES string of the molecule is CC(C)c1ccc(-c2nc(CSc3nncn3Cc3ccco3)cs2)cc1. The molecule has 0 unspecified atom stereocenters. The first-order chi connectivity index (χ1) is 13.2. The maximum Gasteiger partial charge on any atom is 0.191 e. The van der Waals surface area contributed by atoms with Crippen LogP contribution in [-0.2, 0) is 12.3 Å². The molecule has 7 heteroatoms. The summed E-state index contributed by atoms with van der Waals surface area (Å²) in [5, 5.41) is 12.3. The lowest BCUT2D eigenvalue weighted by atomic mass is 10.0. The molecule has 138 valence electrons. The van der Waals surface area contributed by atoms with Crippen molar-refractivity contribution in [2.24, 2.45) is 0 Å². The van der Waals surface area contributed by atoms with Gasteiger partial charge in [-0.25, -0.2) is 4.98 Å². The monoisotopic (exact) mass is 396 g/mol. The molecule has 3 heterocycles. The van der Waals surface area contributed by atoms with Crippen LogP contribution in [0.25, 0.3) is 10.6 Å². The number of nitrogens with zero attached hydrogens (tertiary/aromatic N) is 4. The highest BCUT2D eigenvalue weighted by molar-refractivity contribution is 7.98. The van der Waals surface area contributed by atoms with E-state index in [0.29, 0.717) is 12.5 Å². The van der Waals surface area contributed by atoms with Gasteiger partial charge in [-0.2, -0.15) is 0 Å². The zero-order valence-electron chi connectivity index (χ0n) is 15.2. The minimum atomic E-state index is 0.542.